The van der Waals surface area contributed by atoms with Crippen LogP contribution in [0.5, 0.6) is 0 Å². The van der Waals surface area contributed by atoms with Crippen LogP contribution < -0.4 is 0 Å². The highest BCUT2D eigenvalue weighted by Gasteiger charge is 2.26. The topological polar surface area (TPSA) is 52.1 Å². The fourth-order valence-electron chi connectivity index (χ4n) is 3.76. The minimum Gasteiger partial charge on any atom is -0.388 e. The Hall–Kier alpha value is -2.24. The number of likely N-dealkylation sites (tertiary alicyclic amines) is 1. The standard InChI is InChI=1S/C20H22FN3O/c21-18-6-4-14(5-7-18)20(25)15-8-10-24(11-9-15)13-17-3-1-2-16-12-22-23-19(16)17/h1-7,12,15,20,25H,8-11,13H2,(H,22,23)/t20-/m0/s1. The van der Waals surface area contributed by atoms with Crippen molar-refractivity contribution in [2.75, 3.05) is 13.1 Å². The summed E-state index contributed by atoms with van der Waals surface area (Å²) in [7, 11) is 0. The predicted molar refractivity (Wildman–Crippen MR) is 95.5 cm³/mol. The maximum absolute atomic E-state index is 13.0. The summed E-state index contributed by atoms with van der Waals surface area (Å²) in [5.41, 5.74) is 3.17. The smallest absolute Gasteiger partial charge is 0.123 e. The fraction of sp³-hybridized carbons (Fsp3) is 0.350. The average Bonchev–Trinajstić information content (AvgIpc) is 3.12. The Balaban J connectivity index is 1.38. The lowest BCUT2D eigenvalue weighted by atomic mass is 9.87. The highest BCUT2D eigenvalue weighted by atomic mass is 19.1. The quantitative estimate of drug-likeness (QED) is 0.763. The third-order valence-corrected chi connectivity index (χ3v) is 5.25. The summed E-state index contributed by atoms with van der Waals surface area (Å²) in [5.74, 6) is -0.0385. The van der Waals surface area contributed by atoms with E-state index < -0.39 is 6.10 Å². The van der Waals surface area contributed by atoms with Crippen molar-refractivity contribution in [3.8, 4) is 0 Å². The van der Waals surface area contributed by atoms with Crippen LogP contribution >= 0.6 is 0 Å². The summed E-state index contributed by atoms with van der Waals surface area (Å²) in [6, 6.07) is 12.5. The Morgan fingerprint density at radius 3 is 2.68 bits per heavy atom. The molecule has 3 aromatic rings. The van der Waals surface area contributed by atoms with Gasteiger partial charge in [0.15, 0.2) is 0 Å². The molecule has 0 amide bonds. The van der Waals surface area contributed by atoms with E-state index in [4.69, 9.17) is 0 Å². The highest BCUT2D eigenvalue weighted by Crippen LogP contribution is 2.31. The molecule has 130 valence electrons. The van der Waals surface area contributed by atoms with Crippen LogP contribution in [-0.4, -0.2) is 33.3 Å². The summed E-state index contributed by atoms with van der Waals surface area (Å²) in [6.07, 6.45) is 3.22. The number of benzene rings is 2. The van der Waals surface area contributed by atoms with E-state index in [1.165, 1.54) is 17.7 Å². The maximum Gasteiger partial charge on any atom is 0.123 e. The van der Waals surface area contributed by atoms with Gasteiger partial charge in [-0.15, -0.1) is 0 Å². The minimum atomic E-state index is -0.515. The molecule has 1 atom stereocenters. The first-order valence-corrected chi connectivity index (χ1v) is 8.77. The number of hydrogen-bond acceptors (Lipinski definition) is 3. The summed E-state index contributed by atoms with van der Waals surface area (Å²) in [4.78, 5) is 2.42. The second-order valence-electron chi connectivity index (χ2n) is 6.86. The molecule has 4 nitrogen and oxygen atoms in total. The van der Waals surface area contributed by atoms with Crippen molar-refractivity contribution >= 4 is 10.9 Å². The summed E-state index contributed by atoms with van der Waals surface area (Å²) < 4.78 is 13.0. The zero-order valence-electron chi connectivity index (χ0n) is 14.0. The normalized spacial score (nSPS) is 17.8. The second-order valence-corrected chi connectivity index (χ2v) is 6.86. The average molecular weight is 339 g/mol. The van der Waals surface area contributed by atoms with Crippen LogP contribution in [0, 0.1) is 11.7 Å². The first-order valence-electron chi connectivity index (χ1n) is 8.77. The van der Waals surface area contributed by atoms with E-state index in [1.54, 1.807) is 12.1 Å². The molecule has 0 saturated carbocycles. The number of halogens is 1. The number of aliphatic hydroxyl groups excluding tert-OH is 1. The minimum absolute atomic E-state index is 0.227. The van der Waals surface area contributed by atoms with Crippen molar-refractivity contribution < 1.29 is 9.50 Å². The fourth-order valence-corrected chi connectivity index (χ4v) is 3.76. The molecule has 0 spiro atoms. The molecule has 0 radical (unpaired) electrons. The van der Waals surface area contributed by atoms with Crippen molar-refractivity contribution in [2.45, 2.75) is 25.5 Å². The Labute approximate surface area is 146 Å². The van der Waals surface area contributed by atoms with Gasteiger partial charge in [-0.1, -0.05) is 30.3 Å². The van der Waals surface area contributed by atoms with Gasteiger partial charge in [-0.3, -0.25) is 10.00 Å². The predicted octanol–water partition coefficient (Wildman–Crippen LogP) is 3.65. The molecule has 1 aromatic heterocycles. The first-order chi connectivity index (χ1) is 12.2. The van der Waals surface area contributed by atoms with Crippen LogP contribution in [0.4, 0.5) is 4.39 Å². The largest absolute Gasteiger partial charge is 0.388 e. The molecule has 25 heavy (non-hydrogen) atoms. The molecule has 4 rings (SSSR count). The number of nitrogens with one attached hydrogen (secondary N) is 1. The van der Waals surface area contributed by atoms with Crippen LogP contribution in [-0.2, 0) is 6.54 Å². The van der Waals surface area contributed by atoms with Crippen molar-refractivity contribution in [3.63, 3.8) is 0 Å². The van der Waals surface area contributed by atoms with Gasteiger partial charge in [0.2, 0.25) is 0 Å². The number of piperidine rings is 1. The Bertz CT molecular complexity index is 838. The number of aromatic nitrogens is 2. The molecule has 1 aliphatic heterocycles. The van der Waals surface area contributed by atoms with Gasteiger partial charge in [0.25, 0.3) is 0 Å². The molecular formula is C20H22FN3O. The monoisotopic (exact) mass is 339 g/mol. The van der Waals surface area contributed by atoms with Crippen LogP contribution in [0.1, 0.15) is 30.1 Å². The van der Waals surface area contributed by atoms with Crippen molar-refractivity contribution in [1.29, 1.82) is 0 Å². The Morgan fingerprint density at radius 1 is 1.16 bits per heavy atom. The van der Waals surface area contributed by atoms with E-state index in [9.17, 15) is 9.50 Å². The third-order valence-electron chi connectivity index (χ3n) is 5.25. The molecule has 5 heteroatoms. The zero-order chi connectivity index (χ0) is 17.2. The lowest BCUT2D eigenvalue weighted by Gasteiger charge is -2.34. The molecule has 2 aromatic carbocycles. The number of H-pyrrole nitrogens is 1. The van der Waals surface area contributed by atoms with Gasteiger partial charge in [0, 0.05) is 11.9 Å². The number of rotatable bonds is 4. The lowest BCUT2D eigenvalue weighted by molar-refractivity contribution is 0.0568. The summed E-state index contributed by atoms with van der Waals surface area (Å²) >= 11 is 0. The highest BCUT2D eigenvalue weighted by molar-refractivity contribution is 5.81. The van der Waals surface area contributed by atoms with Gasteiger partial charge >= 0.3 is 0 Å². The molecule has 2 N–H and O–H groups in total. The van der Waals surface area contributed by atoms with E-state index in [0.717, 1.165) is 48.9 Å². The number of para-hydroxylation sites is 1. The summed E-state index contributed by atoms with van der Waals surface area (Å²) in [6.45, 7) is 2.79. The number of fused-ring (bicyclic) bond motifs is 1. The molecule has 0 aliphatic carbocycles. The summed E-state index contributed by atoms with van der Waals surface area (Å²) in [5, 5.41) is 18.9. The lowest BCUT2D eigenvalue weighted by Crippen LogP contribution is -2.35. The molecule has 0 bridgehead atoms. The van der Waals surface area contributed by atoms with Gasteiger partial charge < -0.3 is 5.11 Å². The molecule has 1 saturated heterocycles. The maximum atomic E-state index is 13.0. The molecule has 0 unspecified atom stereocenters. The van der Waals surface area contributed by atoms with E-state index in [0.29, 0.717) is 0 Å². The Morgan fingerprint density at radius 2 is 1.92 bits per heavy atom. The molecule has 1 fully saturated rings. The number of nitrogens with zero attached hydrogens (tertiary/aromatic N) is 2. The van der Waals surface area contributed by atoms with Crippen LogP contribution in [0.2, 0.25) is 0 Å². The van der Waals surface area contributed by atoms with Gasteiger partial charge in [0.1, 0.15) is 5.82 Å². The van der Waals surface area contributed by atoms with Gasteiger partial charge in [-0.2, -0.15) is 5.10 Å². The Kier molecular flexibility index (Phi) is 4.51. The SMILES string of the molecule is O[C@@H](c1ccc(F)cc1)C1CCN(Cc2cccc3cn[nH]c23)CC1. The second kappa shape index (κ2) is 6.94. The molecular weight excluding hydrogens is 317 g/mol. The van der Waals surface area contributed by atoms with Gasteiger partial charge in [-0.05, 0) is 55.1 Å². The molecule has 1 aliphatic rings. The van der Waals surface area contributed by atoms with Crippen molar-refractivity contribution in [1.82, 2.24) is 15.1 Å². The zero-order valence-corrected chi connectivity index (χ0v) is 14.0. The van der Waals surface area contributed by atoms with Crippen LogP contribution in [0.15, 0.2) is 48.7 Å². The van der Waals surface area contributed by atoms with Crippen LogP contribution in [0.3, 0.4) is 0 Å². The number of aromatic amines is 1. The van der Waals surface area contributed by atoms with Gasteiger partial charge in [-0.25, -0.2) is 4.39 Å². The van der Waals surface area contributed by atoms with Crippen molar-refractivity contribution in [2.24, 2.45) is 5.92 Å². The van der Waals surface area contributed by atoms with E-state index >= 15 is 0 Å². The van der Waals surface area contributed by atoms with E-state index in [1.807, 2.05) is 6.20 Å². The third kappa shape index (κ3) is 3.43. The number of hydrogen-bond donors (Lipinski definition) is 2. The van der Waals surface area contributed by atoms with Crippen molar-refractivity contribution in [3.05, 3.63) is 65.6 Å². The number of aliphatic hydroxyl groups is 1. The van der Waals surface area contributed by atoms with E-state index in [-0.39, 0.29) is 11.7 Å². The first kappa shape index (κ1) is 16.2. The van der Waals surface area contributed by atoms with Gasteiger partial charge in [0.05, 0.1) is 17.8 Å². The molecule has 2 heterocycles. The van der Waals surface area contributed by atoms with Crippen LogP contribution in [0.25, 0.3) is 10.9 Å². The van der Waals surface area contributed by atoms with E-state index in [2.05, 4.69) is 33.3 Å².